The molecule has 53 heavy (non-hydrogen) atoms. The molecule has 1 heteroatoms. The van der Waals surface area contributed by atoms with Crippen LogP contribution in [0.25, 0.3) is 84.6 Å². The second-order valence-corrected chi connectivity index (χ2v) is 18.2. The molecule has 258 valence electrons. The molecule has 0 N–H and O–H groups in total. The Morgan fingerprint density at radius 1 is 0.358 bits per heavy atom. The van der Waals surface area contributed by atoms with Gasteiger partial charge in [0.2, 0.25) is 0 Å². The van der Waals surface area contributed by atoms with E-state index < -0.39 is 0 Å². The van der Waals surface area contributed by atoms with Crippen molar-refractivity contribution in [1.82, 2.24) is 0 Å². The van der Waals surface area contributed by atoms with E-state index in [1.54, 1.807) is 11.1 Å². The molecule has 2 fully saturated rings. The Bertz CT molecular complexity index is 2740. The first-order valence-corrected chi connectivity index (χ1v) is 21.9. The molecule has 0 amide bonds. The van der Waals surface area contributed by atoms with Gasteiger partial charge in [-0.3, -0.25) is 0 Å². The Morgan fingerprint density at radius 2 is 0.811 bits per heavy atom. The number of rotatable bonds is 4. The summed E-state index contributed by atoms with van der Waals surface area (Å²) >= 11 is 0.266. The molecule has 9 aromatic rings. The molecule has 2 aliphatic rings. The van der Waals surface area contributed by atoms with Crippen LogP contribution in [0.2, 0.25) is 0 Å². The van der Waals surface area contributed by atoms with Crippen molar-refractivity contribution in [1.29, 1.82) is 0 Å². The fourth-order valence-electron chi connectivity index (χ4n) is 10.8. The normalized spacial score (nSPS) is 16.2. The fraction of sp³-hybridized carbons (Fsp3) is 0.231. The van der Waals surface area contributed by atoms with Crippen molar-refractivity contribution < 1.29 is 0 Å². The van der Waals surface area contributed by atoms with Gasteiger partial charge in [-0.25, -0.2) is 0 Å². The van der Waals surface area contributed by atoms with E-state index in [9.17, 15) is 0 Å². The van der Waals surface area contributed by atoms with Gasteiger partial charge in [-0.1, -0.05) is 0 Å². The zero-order chi connectivity index (χ0) is 34.9. The molecule has 0 bridgehead atoms. The van der Waals surface area contributed by atoms with Crippen molar-refractivity contribution in [2.24, 2.45) is 0 Å². The van der Waals surface area contributed by atoms with Gasteiger partial charge in [0.05, 0.1) is 0 Å². The first kappa shape index (κ1) is 31.8. The number of hydrogen-bond acceptors (Lipinski definition) is 0. The summed E-state index contributed by atoms with van der Waals surface area (Å²) in [5.74, 6) is 1.27. The van der Waals surface area contributed by atoms with Crippen LogP contribution >= 0.6 is 0 Å². The average Bonchev–Trinajstić information content (AvgIpc) is 3.61. The number of hydrogen-bond donors (Lipinski definition) is 0. The summed E-state index contributed by atoms with van der Waals surface area (Å²) in [7, 11) is 0. The van der Waals surface area contributed by atoms with E-state index >= 15 is 0 Å². The van der Waals surface area contributed by atoms with E-state index in [1.807, 2.05) is 0 Å². The van der Waals surface area contributed by atoms with Crippen molar-refractivity contribution >= 4 is 76.9 Å². The molecule has 0 radical (unpaired) electrons. The van der Waals surface area contributed by atoms with Crippen LogP contribution < -0.4 is 0 Å². The van der Waals surface area contributed by atoms with Crippen LogP contribution in [-0.2, 0) is 0 Å². The molecule has 1 aromatic heterocycles. The molecule has 0 saturated heterocycles. The first-order chi connectivity index (χ1) is 26.3. The zero-order valence-corrected chi connectivity index (χ0v) is 32.0. The molecule has 2 saturated carbocycles. The van der Waals surface area contributed by atoms with E-state index in [1.165, 1.54) is 149 Å². The summed E-state index contributed by atoms with van der Waals surface area (Å²) in [4.78, 5) is 0. The zero-order valence-electron chi connectivity index (χ0n) is 30.3. The van der Waals surface area contributed by atoms with Gasteiger partial charge in [-0.05, 0) is 0 Å². The summed E-state index contributed by atoms with van der Waals surface area (Å²) < 4.78 is 3.01. The molecular formula is C52H44Se. The van der Waals surface area contributed by atoms with Crippen molar-refractivity contribution in [3.8, 4) is 22.3 Å². The van der Waals surface area contributed by atoms with Crippen LogP contribution in [0, 0.1) is 0 Å². The molecule has 0 nitrogen and oxygen atoms in total. The molecule has 1 heterocycles. The van der Waals surface area contributed by atoms with Crippen molar-refractivity contribution in [3.63, 3.8) is 0 Å². The Morgan fingerprint density at radius 3 is 1.30 bits per heavy atom. The third-order valence-electron chi connectivity index (χ3n) is 13.0. The maximum absolute atomic E-state index is 2.57. The van der Waals surface area contributed by atoms with Gasteiger partial charge in [0.1, 0.15) is 0 Å². The van der Waals surface area contributed by atoms with Gasteiger partial charge in [0, 0.05) is 0 Å². The predicted molar refractivity (Wildman–Crippen MR) is 231 cm³/mol. The number of benzene rings is 8. The summed E-state index contributed by atoms with van der Waals surface area (Å²) in [6.45, 7) is 0. The predicted octanol–water partition coefficient (Wildman–Crippen LogP) is 15.1. The van der Waals surface area contributed by atoms with Gasteiger partial charge in [0.25, 0.3) is 0 Å². The van der Waals surface area contributed by atoms with Crippen LogP contribution in [-0.4, -0.2) is 14.5 Å². The molecular weight excluding hydrogens is 704 g/mol. The molecule has 0 aliphatic heterocycles. The third-order valence-corrected chi connectivity index (χ3v) is 15.4. The Balaban J connectivity index is 1.19. The topological polar surface area (TPSA) is 0 Å². The fourth-order valence-corrected chi connectivity index (χ4v) is 13.1. The minimum absolute atomic E-state index is 0.266. The van der Waals surface area contributed by atoms with E-state index in [4.69, 9.17) is 0 Å². The molecule has 2 aliphatic carbocycles. The Kier molecular flexibility index (Phi) is 7.81. The van der Waals surface area contributed by atoms with Gasteiger partial charge in [0.15, 0.2) is 0 Å². The third kappa shape index (κ3) is 5.08. The van der Waals surface area contributed by atoms with E-state index in [2.05, 4.69) is 133 Å². The van der Waals surface area contributed by atoms with Crippen LogP contribution in [0.4, 0.5) is 0 Å². The SMILES string of the molecule is c1cc(-c2c3ccccc3c(C3CCCCC3)c3ccccc23)c2c(c1)[se]c1ccc(-c3c4ccccc4c(C4CCCCC4)c4ccccc34)cc12. The van der Waals surface area contributed by atoms with Crippen molar-refractivity contribution in [3.05, 3.63) is 145 Å². The van der Waals surface area contributed by atoms with Crippen LogP contribution in [0.3, 0.4) is 0 Å². The van der Waals surface area contributed by atoms with E-state index in [0.717, 1.165) is 0 Å². The van der Waals surface area contributed by atoms with Crippen LogP contribution in [0.5, 0.6) is 0 Å². The summed E-state index contributed by atoms with van der Waals surface area (Å²) in [6.07, 6.45) is 13.3. The maximum atomic E-state index is 2.57. The standard InChI is InChI=1S/C52H44Se/c1-3-16-33(17-4-1)48-36-20-7-9-22-38(36)50(39-23-10-8-21-37(39)48)35-30-31-46-45(32-35)52-44(28-15-29-47(52)53-46)51-42-26-13-11-24-40(42)49(34-18-5-2-6-19-34)41-25-12-14-27-43(41)51/h7-15,20-34H,1-6,16-19H2. The van der Waals surface area contributed by atoms with Crippen molar-refractivity contribution in [2.75, 3.05) is 0 Å². The summed E-state index contributed by atoms with van der Waals surface area (Å²) in [6, 6.07) is 52.0. The molecule has 0 unspecified atom stereocenters. The molecule has 11 rings (SSSR count). The number of fused-ring (bicyclic) bond motifs is 7. The second kappa shape index (κ2) is 13.0. The van der Waals surface area contributed by atoms with Gasteiger partial charge in [-0.15, -0.1) is 0 Å². The quantitative estimate of drug-likeness (QED) is 0.124. The van der Waals surface area contributed by atoms with Crippen LogP contribution in [0.1, 0.15) is 87.2 Å². The van der Waals surface area contributed by atoms with Gasteiger partial charge in [-0.2, -0.15) is 0 Å². The average molecular weight is 748 g/mol. The molecule has 0 atom stereocenters. The Hall–Kier alpha value is -4.68. The van der Waals surface area contributed by atoms with Crippen molar-refractivity contribution in [2.45, 2.75) is 76.0 Å². The second-order valence-electron chi connectivity index (χ2n) is 15.9. The monoisotopic (exact) mass is 748 g/mol. The van der Waals surface area contributed by atoms with Gasteiger partial charge >= 0.3 is 320 Å². The van der Waals surface area contributed by atoms with Gasteiger partial charge < -0.3 is 0 Å². The van der Waals surface area contributed by atoms with Crippen LogP contribution in [0.15, 0.2) is 133 Å². The molecule has 8 aromatic carbocycles. The van der Waals surface area contributed by atoms with E-state index in [0.29, 0.717) is 11.8 Å². The molecule has 0 spiro atoms. The van der Waals surface area contributed by atoms with E-state index in [-0.39, 0.29) is 14.5 Å². The summed E-state index contributed by atoms with van der Waals surface area (Å²) in [5.41, 5.74) is 8.72. The Labute approximate surface area is 318 Å². The minimum atomic E-state index is 0.266. The first-order valence-electron chi connectivity index (χ1n) is 20.2. The summed E-state index contributed by atoms with van der Waals surface area (Å²) in [5, 5.41) is 14.3.